The van der Waals surface area contributed by atoms with Crippen LogP contribution in [0, 0.1) is 5.92 Å². The summed E-state index contributed by atoms with van der Waals surface area (Å²) in [5.41, 5.74) is 2.40. The number of benzene rings is 1. The van der Waals surface area contributed by atoms with Gasteiger partial charge in [-0.2, -0.15) is 18.3 Å². The molecular weight excluding hydrogens is 449 g/mol. The fraction of sp³-hybridized carbons (Fsp3) is 0.542. The molecule has 0 N–H and O–H groups in total. The number of anilines is 1. The number of methoxy groups -OCH3 is 1. The number of amides is 1. The molecule has 4 aliphatic rings. The summed E-state index contributed by atoms with van der Waals surface area (Å²) < 4.78 is 50.4. The molecule has 1 saturated carbocycles. The van der Waals surface area contributed by atoms with E-state index in [0.29, 0.717) is 30.3 Å². The van der Waals surface area contributed by atoms with Gasteiger partial charge < -0.3 is 9.47 Å². The molecule has 7 nitrogen and oxygen atoms in total. The van der Waals surface area contributed by atoms with Gasteiger partial charge in [-0.25, -0.2) is 4.79 Å². The van der Waals surface area contributed by atoms with Crippen molar-refractivity contribution in [3.05, 3.63) is 35.4 Å². The molecule has 3 aliphatic heterocycles. The van der Waals surface area contributed by atoms with E-state index in [1.807, 2.05) is 25.3 Å². The molecule has 1 aromatic rings. The first-order chi connectivity index (χ1) is 16.3. The number of carbonyl (C=O) groups excluding carboxylic acids is 1. The number of alkyl halides is 3. The number of nitrogens with zero attached hydrogens (tertiary/aromatic N) is 4. The zero-order valence-corrected chi connectivity index (χ0v) is 19.1. The maximum absolute atomic E-state index is 13.1. The summed E-state index contributed by atoms with van der Waals surface area (Å²) in [4.78, 5) is 18.2. The minimum Gasteiger partial charge on any atom is -0.452 e. The number of fused-ring (bicyclic) bond motifs is 1. The number of hydrogen-bond acceptors (Lipinski definition) is 6. The molecule has 10 heteroatoms. The van der Waals surface area contributed by atoms with E-state index in [1.54, 1.807) is 4.90 Å². The Kier molecular flexibility index (Phi) is 5.77. The molecule has 3 atom stereocenters. The maximum Gasteiger partial charge on any atom is 0.414 e. The van der Waals surface area contributed by atoms with Gasteiger partial charge in [-0.15, -0.1) is 0 Å². The number of hydrogen-bond donors (Lipinski definition) is 0. The fourth-order valence-corrected chi connectivity index (χ4v) is 4.75. The van der Waals surface area contributed by atoms with Crippen LogP contribution in [0.25, 0.3) is 0 Å². The van der Waals surface area contributed by atoms with Crippen molar-refractivity contribution in [2.24, 2.45) is 16.0 Å². The lowest BCUT2D eigenvalue weighted by Crippen LogP contribution is -2.42. The van der Waals surface area contributed by atoms with Crippen LogP contribution in [-0.4, -0.2) is 61.7 Å². The van der Waals surface area contributed by atoms with Crippen LogP contribution in [0.3, 0.4) is 0 Å². The minimum absolute atomic E-state index is 0.0251. The Morgan fingerprint density at radius 1 is 1.21 bits per heavy atom. The van der Waals surface area contributed by atoms with E-state index in [0.717, 1.165) is 36.6 Å². The van der Waals surface area contributed by atoms with Crippen LogP contribution in [0.4, 0.5) is 23.7 Å². The topological polar surface area (TPSA) is 66.7 Å². The zero-order chi connectivity index (χ0) is 24.0. The van der Waals surface area contributed by atoms with E-state index in [1.165, 1.54) is 13.2 Å². The lowest BCUT2D eigenvalue weighted by Gasteiger charge is -2.35. The summed E-state index contributed by atoms with van der Waals surface area (Å²) in [7, 11) is 1.34. The molecular formula is C24H27F3N4O3. The Bertz CT molecular complexity index is 1060. The Balaban J connectivity index is 1.50. The van der Waals surface area contributed by atoms with Gasteiger partial charge in [-0.1, -0.05) is 12.1 Å². The summed E-state index contributed by atoms with van der Waals surface area (Å²) in [6, 6.07) is 4.23. The molecule has 0 bridgehead atoms. The van der Waals surface area contributed by atoms with Crippen LogP contribution >= 0.6 is 0 Å². The number of halogens is 3. The van der Waals surface area contributed by atoms with Gasteiger partial charge in [0.1, 0.15) is 5.75 Å². The highest BCUT2D eigenvalue weighted by Gasteiger charge is 2.40. The van der Waals surface area contributed by atoms with E-state index in [4.69, 9.17) is 9.47 Å². The van der Waals surface area contributed by atoms with Crippen LogP contribution in [0.2, 0.25) is 0 Å². The zero-order valence-electron chi connectivity index (χ0n) is 19.1. The first-order valence-electron chi connectivity index (χ1n) is 11.6. The highest BCUT2D eigenvalue weighted by molar-refractivity contribution is 5.94. The molecule has 3 heterocycles. The molecule has 0 saturated heterocycles. The fourth-order valence-electron chi connectivity index (χ4n) is 4.75. The van der Waals surface area contributed by atoms with Crippen molar-refractivity contribution in [3.8, 4) is 5.75 Å². The van der Waals surface area contributed by atoms with Gasteiger partial charge in [0.15, 0.2) is 0 Å². The Hall–Kier alpha value is -3.04. The number of hydrazone groups is 1. The Morgan fingerprint density at radius 3 is 2.65 bits per heavy atom. The summed E-state index contributed by atoms with van der Waals surface area (Å²) >= 11 is 0. The van der Waals surface area contributed by atoms with Crippen molar-refractivity contribution in [2.75, 3.05) is 25.1 Å². The molecule has 0 spiro atoms. The second-order valence-electron chi connectivity index (χ2n) is 9.22. The van der Waals surface area contributed by atoms with Crippen molar-refractivity contribution in [3.63, 3.8) is 0 Å². The maximum atomic E-state index is 13.1. The summed E-state index contributed by atoms with van der Waals surface area (Å²) in [6.45, 7) is 2.26. The highest BCUT2D eigenvalue weighted by atomic mass is 19.4. The van der Waals surface area contributed by atoms with Crippen LogP contribution in [0.1, 0.15) is 43.2 Å². The quantitative estimate of drug-likeness (QED) is 0.636. The van der Waals surface area contributed by atoms with Gasteiger partial charge in [0.25, 0.3) is 0 Å². The summed E-state index contributed by atoms with van der Waals surface area (Å²) in [5, 5.41) is 6.65. The van der Waals surface area contributed by atoms with Gasteiger partial charge >= 0.3 is 12.3 Å². The van der Waals surface area contributed by atoms with Gasteiger partial charge in [-0.3, -0.25) is 14.9 Å². The number of carbonyl (C=O) groups is 1. The number of aliphatic imine (C=N–C) groups is 1. The summed E-state index contributed by atoms with van der Waals surface area (Å²) in [5.74, 6) is -0.967. The molecule has 1 aliphatic carbocycles. The SMILES string of the molecule is COC(=O)N1c2ccc(C3C=NN(C4CC4)C3)c(OC3=NCC(C(F)(F)F)C=C3)c2CC[C@@H]1C. The third-order valence-corrected chi connectivity index (χ3v) is 6.84. The predicted octanol–water partition coefficient (Wildman–Crippen LogP) is 4.67. The molecule has 1 fully saturated rings. The minimum atomic E-state index is -4.34. The highest BCUT2D eigenvalue weighted by Crippen LogP contribution is 2.43. The number of ether oxygens (including phenoxy) is 2. The molecule has 182 valence electrons. The van der Waals surface area contributed by atoms with Crippen molar-refractivity contribution in [2.45, 2.75) is 56.8 Å². The lowest BCUT2D eigenvalue weighted by atomic mass is 9.90. The summed E-state index contributed by atoms with van der Waals surface area (Å²) in [6.07, 6.45) is 3.09. The second-order valence-corrected chi connectivity index (χ2v) is 9.22. The normalized spacial score (nSPS) is 26.4. The van der Waals surface area contributed by atoms with Gasteiger partial charge in [0.2, 0.25) is 5.90 Å². The first kappa shape index (κ1) is 22.7. The van der Waals surface area contributed by atoms with Crippen molar-refractivity contribution in [1.82, 2.24) is 5.01 Å². The number of rotatable bonds is 3. The van der Waals surface area contributed by atoms with E-state index >= 15 is 0 Å². The molecule has 5 rings (SSSR count). The van der Waals surface area contributed by atoms with E-state index in [2.05, 4.69) is 15.1 Å². The van der Waals surface area contributed by atoms with Crippen LogP contribution in [0.5, 0.6) is 5.75 Å². The largest absolute Gasteiger partial charge is 0.452 e. The first-order valence-corrected chi connectivity index (χ1v) is 11.6. The third kappa shape index (κ3) is 4.25. The van der Waals surface area contributed by atoms with Gasteiger partial charge in [0, 0.05) is 41.9 Å². The molecule has 34 heavy (non-hydrogen) atoms. The van der Waals surface area contributed by atoms with Gasteiger partial charge in [0.05, 0.1) is 25.3 Å². The lowest BCUT2D eigenvalue weighted by molar-refractivity contribution is -0.158. The molecule has 2 unspecified atom stereocenters. The van der Waals surface area contributed by atoms with E-state index in [9.17, 15) is 18.0 Å². The van der Waals surface area contributed by atoms with Crippen LogP contribution in [0.15, 0.2) is 34.4 Å². The standard InChI is InChI=1S/C24H27F3N4O3/c1-14-3-7-19-20(31(14)23(32)33-2)9-8-18(15-11-29-30(13-15)17-5-6-17)22(19)34-21-10-4-16(12-28-21)24(25,26)27/h4,8-11,14-17H,3,5-7,12-13H2,1-2H3/t14-,15?,16?/m0/s1. The Morgan fingerprint density at radius 2 is 2.00 bits per heavy atom. The smallest absolute Gasteiger partial charge is 0.414 e. The van der Waals surface area contributed by atoms with E-state index < -0.39 is 24.7 Å². The average molecular weight is 476 g/mol. The van der Waals surface area contributed by atoms with Crippen LogP contribution in [-0.2, 0) is 11.2 Å². The Labute approximate surface area is 195 Å². The number of dihydropyridines is 1. The molecule has 1 amide bonds. The molecule has 0 aromatic heterocycles. The third-order valence-electron chi connectivity index (χ3n) is 6.84. The molecule has 0 radical (unpaired) electrons. The predicted molar refractivity (Wildman–Crippen MR) is 122 cm³/mol. The van der Waals surface area contributed by atoms with Crippen molar-refractivity contribution < 1.29 is 27.4 Å². The average Bonchev–Trinajstić information content (AvgIpc) is 3.55. The van der Waals surface area contributed by atoms with E-state index in [-0.39, 0.29) is 17.9 Å². The van der Waals surface area contributed by atoms with Crippen molar-refractivity contribution >= 4 is 23.9 Å². The van der Waals surface area contributed by atoms with Crippen LogP contribution < -0.4 is 9.64 Å². The van der Waals surface area contributed by atoms with Gasteiger partial charge in [-0.05, 0) is 44.7 Å². The van der Waals surface area contributed by atoms with Crippen molar-refractivity contribution in [1.29, 1.82) is 0 Å². The second kappa shape index (κ2) is 8.63. The monoisotopic (exact) mass is 476 g/mol. The molecule has 1 aromatic carbocycles.